The summed E-state index contributed by atoms with van der Waals surface area (Å²) < 4.78 is 5.36. The molecule has 0 aliphatic carbocycles. The molecular weight excluding hydrogens is 925 g/mol. The fourth-order valence-corrected chi connectivity index (χ4v) is 18.5. The SMILES string of the molecule is CCCCCCCCCCCCC(CCCCCCCCCC)CSC1=C(SCC(CCCCCCCCCC)CCCCCCCCCCCC)SC(=C2Sc3c(c(=O)[nH][nH]c3=O)S2)S1. The average Bonchev–Trinajstić information content (AvgIpc) is 3.97. The number of H-pyrrole nitrogens is 2. The number of thioether (sulfide) groups is 6. The van der Waals surface area contributed by atoms with Crippen LogP contribution in [0, 0.1) is 11.8 Å². The fraction of sp³-hybridized carbons (Fsp3) is 0.857. The van der Waals surface area contributed by atoms with Crippen LogP contribution in [0.4, 0.5) is 0 Å². The van der Waals surface area contributed by atoms with Crippen LogP contribution in [0.5, 0.6) is 0 Å². The highest BCUT2D eigenvalue weighted by molar-refractivity contribution is 8.42. The fourth-order valence-electron chi connectivity index (χ4n) is 9.42. The van der Waals surface area contributed by atoms with Gasteiger partial charge in [-0.05, 0) is 37.5 Å². The number of hydrogen-bond donors (Lipinski definition) is 2. The predicted octanol–water partition coefficient (Wildman–Crippen LogP) is 21.4. The van der Waals surface area contributed by atoms with Crippen LogP contribution in [0.25, 0.3) is 0 Å². The highest BCUT2D eigenvalue weighted by Gasteiger charge is 2.32. The van der Waals surface area contributed by atoms with Crippen LogP contribution >= 0.6 is 70.6 Å². The number of fused-ring (bicyclic) bond motifs is 1. The molecule has 0 radical (unpaired) electrons. The third-order valence-corrected chi connectivity index (χ3v) is 22.9. The van der Waals surface area contributed by atoms with Crippen molar-refractivity contribution in [3.63, 3.8) is 0 Å². The van der Waals surface area contributed by atoms with Crippen LogP contribution < -0.4 is 11.1 Å². The maximum atomic E-state index is 12.8. The molecule has 0 amide bonds. The van der Waals surface area contributed by atoms with Gasteiger partial charge in [0.25, 0.3) is 11.1 Å². The molecule has 0 bridgehead atoms. The van der Waals surface area contributed by atoms with Crippen molar-refractivity contribution in [3.05, 3.63) is 37.7 Å². The van der Waals surface area contributed by atoms with Gasteiger partial charge in [-0.1, -0.05) is 306 Å². The molecule has 10 heteroatoms. The summed E-state index contributed by atoms with van der Waals surface area (Å²) in [7, 11) is 0. The van der Waals surface area contributed by atoms with Crippen molar-refractivity contribution in [1.82, 2.24) is 10.2 Å². The van der Waals surface area contributed by atoms with Crippen LogP contribution in [0.1, 0.15) is 285 Å². The van der Waals surface area contributed by atoms with E-state index in [1.165, 1.54) is 305 Å². The Morgan fingerprint density at radius 2 is 0.561 bits per heavy atom. The highest BCUT2D eigenvalue weighted by Crippen LogP contribution is 2.63. The van der Waals surface area contributed by atoms with Gasteiger partial charge in [-0.25, -0.2) is 0 Å². The number of hydrogen-bond acceptors (Lipinski definition) is 8. The number of unbranched alkanes of at least 4 members (excludes halogenated alkanes) is 32. The zero-order valence-electron chi connectivity index (χ0n) is 43.1. The molecule has 0 spiro atoms. The molecule has 1 aromatic heterocycles. The predicted molar refractivity (Wildman–Crippen MR) is 308 cm³/mol. The molecule has 2 N–H and O–H groups in total. The van der Waals surface area contributed by atoms with Gasteiger partial charge in [0, 0.05) is 11.5 Å². The standard InChI is InChI=1S/C56H100N2O2S6/c1-5-9-13-17-21-25-27-31-35-39-43-47(41-37-33-29-23-19-15-11-7-3)45-61-53-54(66-56(65-53)55-63-49-50(64-55)52(60)58-57-51(49)59)62-46-48(42-38-34-30-24-20-16-12-8-4)44-40-36-32-28-26-22-18-14-10-6-2/h47-48H,5-46H2,1-4H3,(H,57,59)(H,58,60). The summed E-state index contributed by atoms with van der Waals surface area (Å²) in [4.78, 5) is 26.7. The Kier molecular flexibility index (Phi) is 38.4. The van der Waals surface area contributed by atoms with E-state index in [0.29, 0.717) is 9.79 Å². The minimum atomic E-state index is -0.186. The molecule has 0 saturated carbocycles. The second-order valence-corrected chi connectivity index (χ2v) is 27.1. The summed E-state index contributed by atoms with van der Waals surface area (Å²) >= 11 is 11.2. The molecule has 0 saturated heterocycles. The quantitative estimate of drug-likeness (QED) is 0.0626. The molecule has 2 unspecified atom stereocenters. The zero-order chi connectivity index (χ0) is 47.1. The van der Waals surface area contributed by atoms with Gasteiger partial charge in [0.1, 0.15) is 0 Å². The maximum absolute atomic E-state index is 12.8. The monoisotopic (exact) mass is 1020 g/mol. The average molecular weight is 1030 g/mol. The third kappa shape index (κ3) is 28.3. The van der Waals surface area contributed by atoms with Crippen LogP contribution in [0.15, 0.2) is 36.3 Å². The lowest BCUT2D eigenvalue weighted by molar-refractivity contribution is 0.435. The number of nitrogens with one attached hydrogen (secondary N) is 2. The van der Waals surface area contributed by atoms with E-state index in [0.717, 1.165) is 16.1 Å². The molecule has 2 aliphatic heterocycles. The van der Waals surface area contributed by atoms with E-state index in [1.807, 2.05) is 23.5 Å². The Balaban J connectivity index is 1.67. The van der Waals surface area contributed by atoms with Gasteiger partial charge >= 0.3 is 0 Å². The first-order valence-electron chi connectivity index (χ1n) is 28.3. The molecule has 3 heterocycles. The van der Waals surface area contributed by atoms with E-state index in [4.69, 9.17) is 0 Å². The Morgan fingerprint density at radius 3 is 0.818 bits per heavy atom. The molecule has 66 heavy (non-hydrogen) atoms. The van der Waals surface area contributed by atoms with Crippen molar-refractivity contribution >= 4 is 70.6 Å². The summed E-state index contributed by atoms with van der Waals surface area (Å²) in [5.74, 6) is 3.97. The Morgan fingerprint density at radius 1 is 0.333 bits per heavy atom. The minimum absolute atomic E-state index is 0.186. The van der Waals surface area contributed by atoms with E-state index in [1.54, 1.807) is 0 Å². The van der Waals surface area contributed by atoms with Crippen molar-refractivity contribution in [3.8, 4) is 0 Å². The Labute approximate surface area is 432 Å². The maximum Gasteiger partial charge on any atom is 0.277 e. The molecule has 2 atom stereocenters. The van der Waals surface area contributed by atoms with Crippen molar-refractivity contribution in [1.29, 1.82) is 0 Å². The van der Waals surface area contributed by atoms with E-state index >= 15 is 0 Å². The molecule has 0 fully saturated rings. The van der Waals surface area contributed by atoms with E-state index < -0.39 is 0 Å². The minimum Gasteiger partial charge on any atom is -0.267 e. The summed E-state index contributed by atoms with van der Waals surface area (Å²) in [5.41, 5.74) is -0.371. The van der Waals surface area contributed by atoms with Crippen molar-refractivity contribution in [2.24, 2.45) is 11.8 Å². The second-order valence-electron chi connectivity index (χ2n) is 19.9. The van der Waals surface area contributed by atoms with Crippen molar-refractivity contribution in [2.75, 3.05) is 11.5 Å². The van der Waals surface area contributed by atoms with Crippen molar-refractivity contribution < 1.29 is 0 Å². The van der Waals surface area contributed by atoms with Gasteiger partial charge in [0.05, 0.1) is 26.7 Å². The van der Waals surface area contributed by atoms with Gasteiger partial charge in [0.15, 0.2) is 0 Å². The van der Waals surface area contributed by atoms with E-state index in [9.17, 15) is 9.59 Å². The third-order valence-electron chi connectivity index (χ3n) is 13.8. The molecule has 1 aromatic rings. The number of rotatable bonds is 46. The number of aromatic nitrogens is 2. The second kappa shape index (κ2) is 41.8. The van der Waals surface area contributed by atoms with E-state index in [2.05, 4.69) is 61.4 Å². The van der Waals surface area contributed by atoms with Crippen LogP contribution in [0.2, 0.25) is 0 Å². The van der Waals surface area contributed by atoms with Crippen LogP contribution in [0.3, 0.4) is 0 Å². The molecule has 4 nitrogen and oxygen atoms in total. The molecule has 382 valence electrons. The smallest absolute Gasteiger partial charge is 0.267 e. The lowest BCUT2D eigenvalue weighted by Crippen LogP contribution is -2.20. The molecule has 0 aromatic carbocycles. The first-order valence-corrected chi connectivity index (χ1v) is 33.5. The molecule has 3 rings (SSSR count). The van der Waals surface area contributed by atoms with Gasteiger partial charge in [-0.3, -0.25) is 19.8 Å². The van der Waals surface area contributed by atoms with Gasteiger partial charge in [-0.2, -0.15) is 0 Å². The van der Waals surface area contributed by atoms with Gasteiger partial charge in [0.2, 0.25) is 0 Å². The van der Waals surface area contributed by atoms with Crippen molar-refractivity contribution in [2.45, 2.75) is 294 Å². The topological polar surface area (TPSA) is 65.7 Å². The summed E-state index contributed by atoms with van der Waals surface area (Å²) in [6.45, 7) is 9.26. The lowest BCUT2D eigenvalue weighted by atomic mass is 9.95. The summed E-state index contributed by atoms with van der Waals surface area (Å²) in [6.07, 6.45) is 55.8. The highest BCUT2D eigenvalue weighted by atomic mass is 32.3. The molecular formula is C56H100N2O2S6. The zero-order valence-corrected chi connectivity index (χ0v) is 48.0. The lowest BCUT2D eigenvalue weighted by Gasteiger charge is -2.18. The molecule has 2 aliphatic rings. The normalized spacial score (nSPS) is 14.8. The largest absolute Gasteiger partial charge is 0.277 e. The Hall–Kier alpha value is 0.260. The number of aromatic amines is 2. The van der Waals surface area contributed by atoms with Crippen LogP contribution in [-0.4, -0.2) is 21.7 Å². The first kappa shape index (κ1) is 60.6. The van der Waals surface area contributed by atoms with Crippen LogP contribution in [-0.2, 0) is 0 Å². The Bertz CT molecular complexity index is 1420. The summed E-state index contributed by atoms with van der Waals surface area (Å²) in [5, 5.41) is 5.13. The van der Waals surface area contributed by atoms with Gasteiger partial charge < -0.3 is 0 Å². The first-order chi connectivity index (χ1) is 32.5. The van der Waals surface area contributed by atoms with Gasteiger partial charge in [-0.15, -0.1) is 23.5 Å². The van der Waals surface area contributed by atoms with E-state index in [-0.39, 0.29) is 11.1 Å². The summed E-state index contributed by atoms with van der Waals surface area (Å²) in [6, 6.07) is 0.